The molecule has 0 unspecified atom stereocenters. The largest absolute Gasteiger partial charge is 0.313 e. The van der Waals surface area contributed by atoms with Crippen molar-refractivity contribution in [3.05, 3.63) is 29.8 Å². The molecule has 6 heteroatoms. The van der Waals surface area contributed by atoms with E-state index in [1.54, 1.807) is 18.2 Å². The average Bonchev–Trinajstić information content (AvgIpc) is 2.43. The van der Waals surface area contributed by atoms with Crippen LogP contribution in [0.2, 0.25) is 0 Å². The maximum atomic E-state index is 12.4. The summed E-state index contributed by atoms with van der Waals surface area (Å²) in [6, 6.07) is 7.04. The van der Waals surface area contributed by atoms with Crippen molar-refractivity contribution in [2.45, 2.75) is 37.8 Å². The second kappa shape index (κ2) is 7.35. The van der Waals surface area contributed by atoms with Gasteiger partial charge >= 0.3 is 0 Å². The van der Waals surface area contributed by atoms with Crippen LogP contribution < -0.4 is 10.0 Å². The van der Waals surface area contributed by atoms with Gasteiger partial charge in [-0.25, -0.2) is 13.1 Å². The van der Waals surface area contributed by atoms with Gasteiger partial charge in [-0.15, -0.1) is 0 Å². The van der Waals surface area contributed by atoms with Gasteiger partial charge in [0.1, 0.15) is 0 Å². The SMILES string of the molecule is CCNCc1cccc(S(=O)(=O)NCC(C)(C)N(C)C)c1. The number of nitrogens with zero attached hydrogens (tertiary/aromatic N) is 1. The molecule has 1 aromatic rings. The van der Waals surface area contributed by atoms with Crippen molar-refractivity contribution in [2.24, 2.45) is 0 Å². The monoisotopic (exact) mass is 313 g/mol. The van der Waals surface area contributed by atoms with Crippen molar-refractivity contribution in [3.63, 3.8) is 0 Å². The molecule has 0 aliphatic heterocycles. The molecule has 120 valence electrons. The summed E-state index contributed by atoms with van der Waals surface area (Å²) in [6.07, 6.45) is 0. The van der Waals surface area contributed by atoms with Gasteiger partial charge in [-0.05, 0) is 52.2 Å². The standard InChI is InChI=1S/C15H27N3O2S/c1-6-16-11-13-8-7-9-14(10-13)21(19,20)17-12-15(2,3)18(4)5/h7-10,16-17H,6,11-12H2,1-5H3. The first-order valence-corrected chi connectivity index (χ1v) is 8.64. The molecule has 21 heavy (non-hydrogen) atoms. The Labute approximate surface area is 128 Å². The topological polar surface area (TPSA) is 61.4 Å². The van der Waals surface area contributed by atoms with Gasteiger partial charge in [0, 0.05) is 18.6 Å². The molecule has 0 amide bonds. The van der Waals surface area contributed by atoms with E-state index in [0.29, 0.717) is 18.0 Å². The Balaban J connectivity index is 2.83. The molecule has 2 N–H and O–H groups in total. The first-order chi connectivity index (χ1) is 9.69. The summed E-state index contributed by atoms with van der Waals surface area (Å²) >= 11 is 0. The van der Waals surface area contributed by atoms with Gasteiger partial charge in [0.2, 0.25) is 10.0 Å². The Kier molecular flexibility index (Phi) is 6.34. The number of likely N-dealkylation sites (N-methyl/N-ethyl adjacent to an activating group) is 1. The Hall–Kier alpha value is -0.950. The molecule has 0 fully saturated rings. The number of nitrogens with one attached hydrogen (secondary N) is 2. The lowest BCUT2D eigenvalue weighted by Gasteiger charge is -2.32. The zero-order valence-corrected chi connectivity index (χ0v) is 14.4. The van der Waals surface area contributed by atoms with E-state index in [-0.39, 0.29) is 5.54 Å². The molecule has 0 radical (unpaired) electrons. The van der Waals surface area contributed by atoms with Crippen LogP contribution in [-0.4, -0.2) is 46.0 Å². The highest BCUT2D eigenvalue weighted by atomic mass is 32.2. The normalized spacial score (nSPS) is 12.9. The van der Waals surface area contributed by atoms with Crippen molar-refractivity contribution < 1.29 is 8.42 Å². The van der Waals surface area contributed by atoms with Gasteiger partial charge < -0.3 is 10.2 Å². The minimum atomic E-state index is -3.48. The van der Waals surface area contributed by atoms with E-state index in [4.69, 9.17) is 0 Å². The summed E-state index contributed by atoms with van der Waals surface area (Å²) in [4.78, 5) is 2.31. The number of sulfonamides is 1. The molecule has 0 bridgehead atoms. The first-order valence-electron chi connectivity index (χ1n) is 7.16. The van der Waals surface area contributed by atoms with Crippen LogP contribution in [0.15, 0.2) is 29.2 Å². The van der Waals surface area contributed by atoms with Crippen molar-refractivity contribution >= 4 is 10.0 Å². The second-order valence-electron chi connectivity index (χ2n) is 5.96. The predicted octanol–water partition coefficient (Wildman–Crippen LogP) is 1.41. The average molecular weight is 313 g/mol. The fraction of sp³-hybridized carbons (Fsp3) is 0.600. The van der Waals surface area contributed by atoms with Crippen LogP contribution in [0.4, 0.5) is 0 Å². The molecular formula is C15H27N3O2S. The third-order valence-corrected chi connectivity index (χ3v) is 5.09. The van der Waals surface area contributed by atoms with E-state index >= 15 is 0 Å². The minimum Gasteiger partial charge on any atom is -0.313 e. The molecule has 0 saturated carbocycles. The maximum absolute atomic E-state index is 12.4. The quantitative estimate of drug-likeness (QED) is 0.762. The van der Waals surface area contributed by atoms with E-state index in [2.05, 4.69) is 10.0 Å². The van der Waals surface area contributed by atoms with Gasteiger partial charge in [0.05, 0.1) is 4.90 Å². The highest BCUT2D eigenvalue weighted by Crippen LogP contribution is 2.14. The lowest BCUT2D eigenvalue weighted by Crippen LogP contribution is -2.48. The molecule has 1 rings (SSSR count). The summed E-state index contributed by atoms with van der Waals surface area (Å²) in [5.74, 6) is 0. The number of hydrogen-bond acceptors (Lipinski definition) is 4. The zero-order valence-electron chi connectivity index (χ0n) is 13.6. The Morgan fingerprint density at radius 3 is 2.48 bits per heavy atom. The van der Waals surface area contributed by atoms with Gasteiger partial charge in [0.25, 0.3) is 0 Å². The van der Waals surface area contributed by atoms with E-state index in [0.717, 1.165) is 12.1 Å². The minimum absolute atomic E-state index is 0.242. The van der Waals surface area contributed by atoms with Crippen LogP contribution in [0.3, 0.4) is 0 Å². The Bertz CT molecular complexity index is 554. The number of rotatable bonds is 8. The van der Waals surface area contributed by atoms with Crippen LogP contribution in [0, 0.1) is 0 Å². The molecule has 0 aliphatic carbocycles. The van der Waals surface area contributed by atoms with Crippen LogP contribution in [0.25, 0.3) is 0 Å². The van der Waals surface area contributed by atoms with E-state index < -0.39 is 10.0 Å². The summed E-state index contributed by atoms with van der Waals surface area (Å²) in [6.45, 7) is 7.90. The third kappa shape index (κ3) is 5.39. The van der Waals surface area contributed by atoms with Crippen molar-refractivity contribution in [1.29, 1.82) is 0 Å². The van der Waals surface area contributed by atoms with Crippen LogP contribution in [-0.2, 0) is 16.6 Å². The molecular weight excluding hydrogens is 286 g/mol. The predicted molar refractivity (Wildman–Crippen MR) is 86.8 cm³/mol. The Morgan fingerprint density at radius 1 is 1.24 bits per heavy atom. The molecule has 0 aromatic heterocycles. The first kappa shape index (κ1) is 18.1. The fourth-order valence-corrected chi connectivity index (χ4v) is 2.88. The number of hydrogen-bond donors (Lipinski definition) is 2. The second-order valence-corrected chi connectivity index (χ2v) is 7.73. The van der Waals surface area contributed by atoms with Crippen LogP contribution in [0.5, 0.6) is 0 Å². The lowest BCUT2D eigenvalue weighted by molar-refractivity contribution is 0.199. The Morgan fingerprint density at radius 2 is 1.90 bits per heavy atom. The fourth-order valence-electron chi connectivity index (χ4n) is 1.61. The third-order valence-electron chi connectivity index (χ3n) is 3.69. The van der Waals surface area contributed by atoms with E-state index in [1.807, 2.05) is 45.8 Å². The summed E-state index contributed by atoms with van der Waals surface area (Å²) in [5, 5.41) is 3.19. The van der Waals surface area contributed by atoms with Crippen molar-refractivity contribution in [3.8, 4) is 0 Å². The van der Waals surface area contributed by atoms with E-state index in [1.165, 1.54) is 0 Å². The summed E-state index contributed by atoms with van der Waals surface area (Å²) < 4.78 is 27.4. The maximum Gasteiger partial charge on any atom is 0.240 e. The van der Waals surface area contributed by atoms with E-state index in [9.17, 15) is 8.42 Å². The van der Waals surface area contributed by atoms with Gasteiger partial charge in [-0.2, -0.15) is 0 Å². The van der Waals surface area contributed by atoms with Crippen LogP contribution in [0.1, 0.15) is 26.3 Å². The summed E-state index contributed by atoms with van der Waals surface area (Å²) in [7, 11) is 0.393. The number of benzene rings is 1. The lowest BCUT2D eigenvalue weighted by atomic mass is 10.1. The van der Waals surface area contributed by atoms with Gasteiger partial charge in [0.15, 0.2) is 0 Å². The molecule has 5 nitrogen and oxygen atoms in total. The highest BCUT2D eigenvalue weighted by Gasteiger charge is 2.24. The highest BCUT2D eigenvalue weighted by molar-refractivity contribution is 7.89. The summed E-state index contributed by atoms with van der Waals surface area (Å²) in [5.41, 5.74) is 0.723. The van der Waals surface area contributed by atoms with Crippen molar-refractivity contribution in [2.75, 3.05) is 27.2 Å². The molecule has 0 atom stereocenters. The molecule has 0 spiro atoms. The molecule has 0 heterocycles. The van der Waals surface area contributed by atoms with Crippen LogP contribution >= 0.6 is 0 Å². The van der Waals surface area contributed by atoms with Gasteiger partial charge in [-0.1, -0.05) is 19.1 Å². The van der Waals surface area contributed by atoms with Crippen molar-refractivity contribution in [1.82, 2.24) is 14.9 Å². The van der Waals surface area contributed by atoms with Gasteiger partial charge in [-0.3, -0.25) is 0 Å². The smallest absolute Gasteiger partial charge is 0.240 e. The molecule has 1 aromatic carbocycles. The zero-order chi connectivity index (χ0) is 16.1. The molecule has 0 aliphatic rings. The molecule has 0 saturated heterocycles.